The van der Waals surface area contributed by atoms with Gasteiger partial charge in [-0.1, -0.05) is 66.4 Å². The molecule has 1 amide bonds. The number of carbonyl (C=O) groups excluding carboxylic acids is 1. The Morgan fingerprint density at radius 2 is 1.68 bits per heavy atom. The van der Waals surface area contributed by atoms with Crippen LogP contribution in [0.4, 0.5) is 11.4 Å². The quantitative estimate of drug-likeness (QED) is 0.462. The molecule has 0 aromatic heterocycles. The predicted octanol–water partition coefficient (Wildman–Crippen LogP) is 6.04. The number of hydrogen-bond acceptors (Lipinski definition) is 5. The molecule has 0 bridgehead atoms. The average Bonchev–Trinajstić information content (AvgIpc) is 3.29. The van der Waals surface area contributed by atoms with Crippen LogP contribution >= 0.6 is 23.5 Å². The number of carbonyl (C=O) groups is 1. The third-order valence-corrected chi connectivity index (χ3v) is 7.65. The fraction of sp³-hybridized carbons (Fsp3) is 0.120. The van der Waals surface area contributed by atoms with Gasteiger partial charge in [0.15, 0.2) is 5.17 Å². The van der Waals surface area contributed by atoms with E-state index in [4.69, 9.17) is 4.99 Å². The van der Waals surface area contributed by atoms with Crippen molar-refractivity contribution >= 4 is 46.0 Å². The molecule has 5 rings (SSSR count). The number of fused-ring (bicyclic) bond motifs is 1. The first-order chi connectivity index (χ1) is 15.1. The lowest BCUT2D eigenvalue weighted by molar-refractivity contribution is -0.113. The fourth-order valence-electron chi connectivity index (χ4n) is 3.65. The number of para-hydroxylation sites is 1. The second-order valence-electron chi connectivity index (χ2n) is 7.43. The molecule has 31 heavy (non-hydrogen) atoms. The summed E-state index contributed by atoms with van der Waals surface area (Å²) in [6.45, 7) is 2.57. The monoisotopic (exact) mass is 443 g/mol. The van der Waals surface area contributed by atoms with E-state index in [1.807, 2.05) is 68.6 Å². The van der Waals surface area contributed by atoms with Crippen LogP contribution in [0.25, 0.3) is 0 Å². The van der Waals surface area contributed by atoms with E-state index in [1.54, 1.807) is 16.7 Å². The molecule has 2 aliphatic heterocycles. The number of amidine groups is 1. The van der Waals surface area contributed by atoms with E-state index in [9.17, 15) is 4.79 Å². The van der Waals surface area contributed by atoms with Crippen molar-refractivity contribution < 1.29 is 4.79 Å². The summed E-state index contributed by atoms with van der Waals surface area (Å²) in [5.41, 5.74) is 4.20. The van der Waals surface area contributed by atoms with Gasteiger partial charge in [-0.05, 0) is 54.1 Å². The summed E-state index contributed by atoms with van der Waals surface area (Å²) in [6.07, 6.45) is 0. The normalized spacial score (nSPS) is 19.4. The molecule has 4 nitrogen and oxygen atoms in total. The second kappa shape index (κ2) is 8.29. The molecule has 2 heterocycles. The molecule has 0 atom stereocenters. The van der Waals surface area contributed by atoms with E-state index in [0.717, 1.165) is 37.3 Å². The first-order valence-corrected chi connectivity index (χ1v) is 11.7. The van der Waals surface area contributed by atoms with Crippen molar-refractivity contribution in [3.05, 3.63) is 99.9 Å². The first kappa shape index (κ1) is 20.0. The molecule has 1 saturated heterocycles. The Morgan fingerprint density at radius 3 is 2.45 bits per heavy atom. The lowest BCUT2D eigenvalue weighted by Gasteiger charge is -2.17. The molecule has 0 N–H and O–H groups in total. The van der Waals surface area contributed by atoms with Gasteiger partial charge in [-0.2, -0.15) is 0 Å². The van der Waals surface area contributed by atoms with Gasteiger partial charge in [0.05, 0.1) is 22.9 Å². The average molecular weight is 444 g/mol. The van der Waals surface area contributed by atoms with E-state index < -0.39 is 0 Å². The zero-order valence-corrected chi connectivity index (χ0v) is 18.9. The summed E-state index contributed by atoms with van der Waals surface area (Å²) < 4.78 is 0. The Bertz CT molecular complexity index is 1220. The topological polar surface area (TPSA) is 35.9 Å². The molecule has 6 heteroatoms. The molecule has 0 radical (unpaired) electrons. The van der Waals surface area contributed by atoms with Gasteiger partial charge in [0.1, 0.15) is 4.91 Å². The highest BCUT2D eigenvalue weighted by Crippen LogP contribution is 2.50. The van der Waals surface area contributed by atoms with E-state index in [1.165, 1.54) is 11.8 Å². The van der Waals surface area contributed by atoms with Crippen LogP contribution in [-0.4, -0.2) is 18.1 Å². The Morgan fingerprint density at radius 1 is 0.903 bits per heavy atom. The van der Waals surface area contributed by atoms with Crippen LogP contribution in [0.15, 0.2) is 98.7 Å². The highest BCUT2D eigenvalue weighted by molar-refractivity contribution is 8.20. The van der Waals surface area contributed by atoms with E-state index in [2.05, 4.69) is 29.2 Å². The van der Waals surface area contributed by atoms with Crippen molar-refractivity contribution in [3.63, 3.8) is 0 Å². The van der Waals surface area contributed by atoms with Gasteiger partial charge >= 0.3 is 0 Å². The Kier molecular flexibility index (Phi) is 5.34. The largest absolute Gasteiger partial charge is 0.337 e. The third-order valence-electron chi connectivity index (χ3n) is 5.21. The summed E-state index contributed by atoms with van der Waals surface area (Å²) >= 11 is 3.11. The molecule has 154 valence electrons. The maximum Gasteiger partial charge on any atom is 0.274 e. The molecule has 1 fully saturated rings. The number of hydrogen-bond donors (Lipinski definition) is 0. The summed E-state index contributed by atoms with van der Waals surface area (Å²) in [6, 6.07) is 26.4. The molecule has 0 saturated carbocycles. The molecule has 0 unspecified atom stereocenters. The van der Waals surface area contributed by atoms with Crippen molar-refractivity contribution in [3.8, 4) is 0 Å². The van der Waals surface area contributed by atoms with Crippen molar-refractivity contribution in [1.82, 2.24) is 0 Å². The van der Waals surface area contributed by atoms with Gasteiger partial charge < -0.3 is 4.90 Å². The fourth-order valence-corrected chi connectivity index (χ4v) is 5.97. The van der Waals surface area contributed by atoms with Crippen LogP contribution in [0.2, 0.25) is 0 Å². The maximum absolute atomic E-state index is 13.6. The molecular formula is C25H21N3OS2. The zero-order valence-electron chi connectivity index (χ0n) is 17.3. The highest BCUT2D eigenvalue weighted by Gasteiger charge is 2.39. The van der Waals surface area contributed by atoms with Crippen LogP contribution in [-0.2, 0) is 11.3 Å². The zero-order chi connectivity index (χ0) is 21.4. The van der Waals surface area contributed by atoms with Gasteiger partial charge in [0, 0.05) is 11.9 Å². The lowest BCUT2D eigenvalue weighted by Crippen LogP contribution is -2.29. The van der Waals surface area contributed by atoms with Gasteiger partial charge in [-0.15, -0.1) is 0 Å². The van der Waals surface area contributed by atoms with Crippen LogP contribution in [0.5, 0.6) is 0 Å². The highest BCUT2D eigenvalue weighted by atomic mass is 32.2. The van der Waals surface area contributed by atoms with Crippen LogP contribution in [0.1, 0.15) is 11.1 Å². The van der Waals surface area contributed by atoms with Crippen LogP contribution in [0.3, 0.4) is 0 Å². The van der Waals surface area contributed by atoms with E-state index in [-0.39, 0.29) is 5.91 Å². The number of rotatable bonds is 3. The molecule has 0 spiro atoms. The molecule has 3 aromatic carbocycles. The van der Waals surface area contributed by atoms with Gasteiger partial charge in [0.25, 0.3) is 5.91 Å². The van der Waals surface area contributed by atoms with Crippen molar-refractivity contribution in [2.75, 3.05) is 16.8 Å². The number of aryl methyl sites for hydroxylation is 1. The van der Waals surface area contributed by atoms with Crippen LogP contribution in [0, 0.1) is 6.92 Å². The molecular weight excluding hydrogens is 422 g/mol. The Balaban J connectivity index is 1.56. The molecule has 0 aliphatic carbocycles. The summed E-state index contributed by atoms with van der Waals surface area (Å²) in [5.74, 6) is -0.0235. The van der Waals surface area contributed by atoms with E-state index in [0.29, 0.717) is 11.7 Å². The summed E-state index contributed by atoms with van der Waals surface area (Å²) in [7, 11) is 2.02. The minimum atomic E-state index is -0.0235. The van der Waals surface area contributed by atoms with Crippen molar-refractivity contribution in [2.45, 2.75) is 18.4 Å². The van der Waals surface area contributed by atoms with Gasteiger partial charge in [-0.25, -0.2) is 0 Å². The lowest BCUT2D eigenvalue weighted by atomic mass is 10.2. The summed E-state index contributed by atoms with van der Waals surface area (Å²) in [5, 5.41) is 1.67. The van der Waals surface area contributed by atoms with Gasteiger partial charge in [-0.3, -0.25) is 14.7 Å². The predicted molar refractivity (Wildman–Crippen MR) is 132 cm³/mol. The van der Waals surface area contributed by atoms with E-state index >= 15 is 0 Å². The number of benzene rings is 3. The first-order valence-electron chi connectivity index (χ1n) is 10.0. The van der Waals surface area contributed by atoms with Gasteiger partial charge in [0.2, 0.25) is 0 Å². The van der Waals surface area contributed by atoms with Crippen LogP contribution < -0.4 is 9.80 Å². The third kappa shape index (κ3) is 3.77. The standard InChI is InChI=1S/C25H21N3OS2/c1-17-9-8-12-19(15-17)28-23(29)22(24-27(2)20-13-6-7-14-21(20)30-24)31-25(28)26-16-18-10-4-3-5-11-18/h3-15H,16H2,1-2H3/b24-22-,26-25?. The number of aliphatic imine (C=N–C) groups is 1. The van der Waals surface area contributed by atoms with Crippen molar-refractivity contribution in [2.24, 2.45) is 4.99 Å². The smallest absolute Gasteiger partial charge is 0.274 e. The Labute approximate surface area is 190 Å². The Hall–Kier alpha value is -2.96. The molecule has 2 aliphatic rings. The number of thioether (sulfide) groups is 2. The number of anilines is 2. The number of amides is 1. The maximum atomic E-state index is 13.6. The van der Waals surface area contributed by atoms with Crippen molar-refractivity contribution in [1.29, 1.82) is 0 Å². The minimum absolute atomic E-state index is 0.0235. The second-order valence-corrected chi connectivity index (χ2v) is 9.44. The molecule has 3 aromatic rings. The minimum Gasteiger partial charge on any atom is -0.337 e. The summed E-state index contributed by atoms with van der Waals surface area (Å²) in [4.78, 5) is 24.2. The SMILES string of the molecule is Cc1cccc(N2C(=O)/C(=C3/Sc4ccccc4N3C)SC2=NCc2ccccc2)c1. The number of nitrogens with zero attached hydrogens (tertiary/aromatic N) is 3.